The standard InChI is InChI=1S/C22H25FN2O2/c1-16(26)24-11-13-25-12-5-8-19(15-25)22(27)18-9-10-20(21(23)14-18)17-6-3-2-4-7-17/h2-4,6-7,9-10,14,19H,5,8,11-13,15H2,1H3,(H,24,26). The normalized spacial score (nSPS) is 17.5. The predicted octanol–water partition coefficient (Wildman–Crippen LogP) is 3.52. The zero-order valence-electron chi connectivity index (χ0n) is 15.6. The second-order valence-electron chi connectivity index (χ2n) is 7.05. The maximum absolute atomic E-state index is 14.6. The minimum Gasteiger partial charge on any atom is -0.355 e. The summed E-state index contributed by atoms with van der Waals surface area (Å²) in [6.45, 7) is 4.38. The molecule has 27 heavy (non-hydrogen) atoms. The summed E-state index contributed by atoms with van der Waals surface area (Å²) in [4.78, 5) is 26.0. The van der Waals surface area contributed by atoms with Crippen molar-refractivity contribution in [2.75, 3.05) is 26.2 Å². The third kappa shape index (κ3) is 5.01. The Morgan fingerprint density at radius 3 is 2.67 bits per heavy atom. The first-order chi connectivity index (χ1) is 13.0. The molecule has 0 spiro atoms. The largest absolute Gasteiger partial charge is 0.355 e. The molecule has 1 saturated heterocycles. The topological polar surface area (TPSA) is 49.4 Å². The zero-order chi connectivity index (χ0) is 19.2. The van der Waals surface area contributed by atoms with Gasteiger partial charge in [-0.1, -0.05) is 42.5 Å². The highest BCUT2D eigenvalue weighted by Crippen LogP contribution is 2.26. The van der Waals surface area contributed by atoms with E-state index in [1.807, 2.05) is 30.3 Å². The molecule has 0 radical (unpaired) electrons. The highest BCUT2D eigenvalue weighted by Gasteiger charge is 2.27. The quantitative estimate of drug-likeness (QED) is 0.794. The molecule has 142 valence electrons. The van der Waals surface area contributed by atoms with Crippen LogP contribution in [0.2, 0.25) is 0 Å². The van der Waals surface area contributed by atoms with Crippen LogP contribution in [0.3, 0.4) is 0 Å². The Balaban J connectivity index is 1.66. The van der Waals surface area contributed by atoms with E-state index < -0.39 is 0 Å². The lowest BCUT2D eigenvalue weighted by Crippen LogP contribution is -2.42. The van der Waals surface area contributed by atoms with Crippen molar-refractivity contribution in [2.45, 2.75) is 19.8 Å². The lowest BCUT2D eigenvalue weighted by atomic mass is 9.89. The average molecular weight is 368 g/mol. The number of amides is 1. The summed E-state index contributed by atoms with van der Waals surface area (Å²) < 4.78 is 14.6. The van der Waals surface area contributed by atoms with Gasteiger partial charge in [0.2, 0.25) is 5.91 Å². The van der Waals surface area contributed by atoms with Crippen molar-refractivity contribution >= 4 is 11.7 Å². The molecule has 1 aliphatic rings. The van der Waals surface area contributed by atoms with Crippen LogP contribution in [0.4, 0.5) is 4.39 Å². The van der Waals surface area contributed by atoms with Crippen LogP contribution in [0.5, 0.6) is 0 Å². The Kier molecular flexibility index (Phi) is 6.35. The molecule has 1 aliphatic heterocycles. The summed E-state index contributed by atoms with van der Waals surface area (Å²) in [7, 11) is 0. The number of carbonyl (C=O) groups excluding carboxylic acids is 2. The number of benzene rings is 2. The van der Waals surface area contributed by atoms with Gasteiger partial charge in [-0.15, -0.1) is 0 Å². The molecule has 1 fully saturated rings. The molecule has 0 aromatic heterocycles. The summed E-state index contributed by atoms with van der Waals surface area (Å²) in [5.74, 6) is -0.546. The lowest BCUT2D eigenvalue weighted by Gasteiger charge is -2.32. The molecule has 4 nitrogen and oxygen atoms in total. The highest BCUT2D eigenvalue weighted by molar-refractivity contribution is 5.98. The van der Waals surface area contributed by atoms with Crippen molar-refractivity contribution in [1.82, 2.24) is 10.2 Å². The average Bonchev–Trinajstić information content (AvgIpc) is 2.68. The summed E-state index contributed by atoms with van der Waals surface area (Å²) >= 11 is 0. The zero-order valence-corrected chi connectivity index (χ0v) is 15.6. The predicted molar refractivity (Wildman–Crippen MR) is 104 cm³/mol. The van der Waals surface area contributed by atoms with Gasteiger partial charge in [0.1, 0.15) is 5.82 Å². The van der Waals surface area contributed by atoms with Crippen LogP contribution >= 0.6 is 0 Å². The minimum atomic E-state index is -0.370. The molecule has 3 rings (SSSR count). The SMILES string of the molecule is CC(=O)NCCN1CCCC(C(=O)c2ccc(-c3ccccc3)c(F)c2)C1. The van der Waals surface area contributed by atoms with E-state index in [-0.39, 0.29) is 23.4 Å². The first-order valence-corrected chi connectivity index (χ1v) is 9.40. The molecular weight excluding hydrogens is 343 g/mol. The smallest absolute Gasteiger partial charge is 0.216 e. The van der Waals surface area contributed by atoms with E-state index in [1.54, 1.807) is 12.1 Å². The molecular formula is C22H25FN2O2. The van der Waals surface area contributed by atoms with Gasteiger partial charge in [0.05, 0.1) is 0 Å². The van der Waals surface area contributed by atoms with E-state index in [1.165, 1.54) is 13.0 Å². The fourth-order valence-electron chi connectivity index (χ4n) is 3.62. The second-order valence-corrected chi connectivity index (χ2v) is 7.05. The van der Waals surface area contributed by atoms with E-state index in [2.05, 4.69) is 10.2 Å². The summed E-state index contributed by atoms with van der Waals surface area (Å²) in [5, 5.41) is 2.78. The van der Waals surface area contributed by atoms with Crippen LogP contribution in [-0.4, -0.2) is 42.8 Å². The molecule has 2 aromatic rings. The van der Waals surface area contributed by atoms with Crippen LogP contribution in [0.25, 0.3) is 11.1 Å². The minimum absolute atomic E-state index is 0.00209. The Labute approximate surface area is 159 Å². The Morgan fingerprint density at radius 2 is 1.96 bits per heavy atom. The molecule has 1 N–H and O–H groups in total. The molecule has 2 aromatic carbocycles. The number of rotatable bonds is 6. The Morgan fingerprint density at radius 1 is 1.19 bits per heavy atom. The van der Waals surface area contributed by atoms with Gasteiger partial charge in [-0.3, -0.25) is 9.59 Å². The Bertz CT molecular complexity index is 807. The summed E-state index contributed by atoms with van der Waals surface area (Å²) in [5.41, 5.74) is 1.74. The van der Waals surface area contributed by atoms with Gasteiger partial charge in [0.25, 0.3) is 0 Å². The monoisotopic (exact) mass is 368 g/mol. The van der Waals surface area contributed by atoms with E-state index in [4.69, 9.17) is 0 Å². The molecule has 1 amide bonds. The van der Waals surface area contributed by atoms with Gasteiger partial charge in [0, 0.05) is 43.6 Å². The van der Waals surface area contributed by atoms with E-state index >= 15 is 0 Å². The summed E-state index contributed by atoms with van der Waals surface area (Å²) in [6, 6.07) is 14.1. The van der Waals surface area contributed by atoms with Gasteiger partial charge in [-0.25, -0.2) is 4.39 Å². The van der Waals surface area contributed by atoms with Crippen molar-refractivity contribution in [3.05, 3.63) is 59.9 Å². The molecule has 5 heteroatoms. The maximum Gasteiger partial charge on any atom is 0.216 e. The number of carbonyl (C=O) groups is 2. The molecule has 1 unspecified atom stereocenters. The van der Waals surface area contributed by atoms with E-state index in [9.17, 15) is 14.0 Å². The number of ketones is 1. The van der Waals surface area contributed by atoms with Gasteiger partial charge in [-0.2, -0.15) is 0 Å². The first kappa shape index (κ1) is 19.2. The number of nitrogens with zero attached hydrogens (tertiary/aromatic N) is 1. The van der Waals surface area contributed by atoms with E-state index in [0.29, 0.717) is 24.2 Å². The van der Waals surface area contributed by atoms with Gasteiger partial charge >= 0.3 is 0 Å². The number of hydrogen-bond donors (Lipinski definition) is 1. The lowest BCUT2D eigenvalue weighted by molar-refractivity contribution is -0.119. The number of hydrogen-bond acceptors (Lipinski definition) is 3. The molecule has 1 heterocycles. The second kappa shape index (κ2) is 8.91. The number of likely N-dealkylation sites (tertiary alicyclic amines) is 1. The Hall–Kier alpha value is -2.53. The molecule has 0 saturated carbocycles. The number of nitrogens with one attached hydrogen (secondary N) is 1. The first-order valence-electron chi connectivity index (χ1n) is 9.40. The van der Waals surface area contributed by atoms with Crippen LogP contribution in [-0.2, 0) is 4.79 Å². The van der Waals surface area contributed by atoms with Crippen molar-refractivity contribution in [2.24, 2.45) is 5.92 Å². The molecule has 0 bridgehead atoms. The van der Waals surface area contributed by atoms with Crippen molar-refractivity contribution in [3.63, 3.8) is 0 Å². The fraction of sp³-hybridized carbons (Fsp3) is 0.364. The van der Waals surface area contributed by atoms with Crippen molar-refractivity contribution in [3.8, 4) is 11.1 Å². The van der Waals surface area contributed by atoms with Gasteiger partial charge in [0.15, 0.2) is 5.78 Å². The fourth-order valence-corrected chi connectivity index (χ4v) is 3.62. The van der Waals surface area contributed by atoms with Crippen LogP contribution < -0.4 is 5.32 Å². The van der Waals surface area contributed by atoms with Crippen LogP contribution in [0, 0.1) is 11.7 Å². The van der Waals surface area contributed by atoms with Gasteiger partial charge in [-0.05, 0) is 31.0 Å². The maximum atomic E-state index is 14.6. The number of piperidine rings is 1. The summed E-state index contributed by atoms with van der Waals surface area (Å²) in [6.07, 6.45) is 1.75. The van der Waals surface area contributed by atoms with Crippen molar-refractivity contribution in [1.29, 1.82) is 0 Å². The van der Waals surface area contributed by atoms with Crippen LogP contribution in [0.15, 0.2) is 48.5 Å². The van der Waals surface area contributed by atoms with Crippen molar-refractivity contribution < 1.29 is 14.0 Å². The molecule has 1 atom stereocenters. The van der Waals surface area contributed by atoms with Crippen LogP contribution in [0.1, 0.15) is 30.1 Å². The highest BCUT2D eigenvalue weighted by atomic mass is 19.1. The third-order valence-corrected chi connectivity index (χ3v) is 5.02. The van der Waals surface area contributed by atoms with E-state index in [0.717, 1.165) is 31.5 Å². The third-order valence-electron chi connectivity index (χ3n) is 5.02. The molecule has 0 aliphatic carbocycles. The number of halogens is 1. The van der Waals surface area contributed by atoms with Gasteiger partial charge < -0.3 is 10.2 Å². The number of Topliss-reactive ketones (excluding diaryl/α,β-unsaturated/α-hetero) is 1.